The van der Waals surface area contributed by atoms with E-state index in [9.17, 15) is 29.7 Å². The lowest BCUT2D eigenvalue weighted by Crippen LogP contribution is -3.04. The van der Waals surface area contributed by atoms with Gasteiger partial charge in [0.05, 0.1) is 43.0 Å². The molecule has 2 saturated heterocycles. The van der Waals surface area contributed by atoms with Gasteiger partial charge < -0.3 is 35.1 Å². The number of likely N-dealkylation sites (N-methyl/N-ethyl adjacent to an activating group) is 1. The number of thioether (sulfide) groups is 1. The highest BCUT2D eigenvalue weighted by Gasteiger charge is 2.59. The third-order valence-corrected chi connectivity index (χ3v) is 8.02. The van der Waals surface area contributed by atoms with Crippen LogP contribution in [0.3, 0.4) is 0 Å². The van der Waals surface area contributed by atoms with Crippen molar-refractivity contribution in [2.75, 3.05) is 12.8 Å². The summed E-state index contributed by atoms with van der Waals surface area (Å²) in [6.07, 6.45) is 1.52. The molecule has 0 bridgehead atoms. The van der Waals surface area contributed by atoms with Gasteiger partial charge in [0.15, 0.2) is 0 Å². The molecule has 5 unspecified atom stereocenters. The molecule has 1 saturated carbocycles. The number of hydrogen-bond donors (Lipinski definition) is 4. The molecular formula is C19H30N4O6S. The first kappa shape index (κ1) is 22.8. The van der Waals surface area contributed by atoms with Gasteiger partial charge in [0.25, 0.3) is 0 Å². The molecule has 2 aliphatic heterocycles. The van der Waals surface area contributed by atoms with Crippen molar-refractivity contribution in [2.45, 2.75) is 68.1 Å². The van der Waals surface area contributed by atoms with Crippen LogP contribution in [0.2, 0.25) is 0 Å². The van der Waals surface area contributed by atoms with Gasteiger partial charge in [0, 0.05) is 24.1 Å². The Kier molecular flexibility index (Phi) is 6.93. The predicted molar refractivity (Wildman–Crippen MR) is 103 cm³/mol. The molecule has 0 spiro atoms. The van der Waals surface area contributed by atoms with Gasteiger partial charge in [-0.3, -0.25) is 15.5 Å². The summed E-state index contributed by atoms with van der Waals surface area (Å²) in [5, 5.41) is 34.0. The van der Waals surface area contributed by atoms with Gasteiger partial charge in [-0.25, -0.2) is 0 Å². The van der Waals surface area contributed by atoms with E-state index in [-0.39, 0.29) is 29.3 Å². The van der Waals surface area contributed by atoms with E-state index in [0.29, 0.717) is 30.9 Å². The van der Waals surface area contributed by atoms with Crippen LogP contribution in [0.25, 0.3) is 0 Å². The number of carboxylic acids is 2. The first-order valence-electron chi connectivity index (χ1n) is 10.4. The van der Waals surface area contributed by atoms with E-state index in [1.807, 2.05) is 12.4 Å². The lowest BCUT2D eigenvalue weighted by atomic mass is 9.75. The van der Waals surface area contributed by atoms with E-state index < -0.39 is 35.9 Å². The molecule has 0 radical (unpaired) electrons. The van der Waals surface area contributed by atoms with Crippen LogP contribution in [0.1, 0.15) is 32.6 Å². The highest BCUT2D eigenvalue weighted by molar-refractivity contribution is 8.00. The summed E-state index contributed by atoms with van der Waals surface area (Å²) >= 11 is 1.49. The molecule has 6 N–H and O–H groups in total. The summed E-state index contributed by atoms with van der Waals surface area (Å²) < 4.78 is 0. The van der Waals surface area contributed by atoms with Crippen LogP contribution in [0.5, 0.6) is 0 Å². The zero-order valence-corrected chi connectivity index (χ0v) is 18.0. The zero-order chi connectivity index (χ0) is 22.2. The summed E-state index contributed by atoms with van der Waals surface area (Å²) in [7, 11) is 1.83. The average Bonchev–Trinajstić information content (AvgIpc) is 2.96. The standard InChI is InChI=1S/C19H30N4O6S/c1-8(24)14-11-7-12(16(19(28)29)23(11)17(14)25)30-5-3-4-13(20)22-10-6-9(18(26)27)15(10)21-2/h8-12,14-16,21,24H,3-7H2,1-2H3,(H2,20,22)(H,26,27)(H,28,29)/t8-,9?,10?,11?,12?,14-,15?,16-/m1/s1. The van der Waals surface area contributed by atoms with Crippen molar-refractivity contribution in [1.82, 2.24) is 4.90 Å². The Morgan fingerprint density at radius 3 is 2.63 bits per heavy atom. The van der Waals surface area contributed by atoms with Crippen molar-refractivity contribution in [3.63, 3.8) is 0 Å². The fourth-order valence-corrected chi connectivity index (χ4v) is 6.42. The Hall–Kier alpha value is -1.85. The summed E-state index contributed by atoms with van der Waals surface area (Å²) in [5.41, 5.74) is 6.05. The van der Waals surface area contributed by atoms with E-state index in [1.54, 1.807) is 6.92 Å². The van der Waals surface area contributed by atoms with E-state index in [2.05, 4.69) is 4.99 Å². The molecule has 30 heavy (non-hydrogen) atoms. The molecule has 3 rings (SSSR count). The topological polar surface area (TPSA) is 177 Å². The lowest BCUT2D eigenvalue weighted by molar-refractivity contribution is -0.730. The van der Waals surface area contributed by atoms with E-state index in [0.717, 1.165) is 6.42 Å². The molecule has 8 atom stereocenters. The van der Waals surface area contributed by atoms with E-state index in [4.69, 9.17) is 5.73 Å². The van der Waals surface area contributed by atoms with Crippen LogP contribution >= 0.6 is 11.8 Å². The predicted octanol–water partition coefficient (Wildman–Crippen LogP) is -6.26. The van der Waals surface area contributed by atoms with Crippen LogP contribution in [0.15, 0.2) is 0 Å². The van der Waals surface area contributed by atoms with Crippen molar-refractivity contribution < 1.29 is 40.0 Å². The molecule has 10 nitrogen and oxygen atoms in total. The minimum atomic E-state index is -1.26. The Morgan fingerprint density at radius 2 is 2.07 bits per heavy atom. The maximum atomic E-state index is 12.2. The monoisotopic (exact) mass is 442 g/mol. The smallest absolute Gasteiger partial charge is 0.240 e. The number of amides is 1. The number of fused-ring (bicyclic) bond motifs is 1. The van der Waals surface area contributed by atoms with Crippen LogP contribution in [0.4, 0.5) is 0 Å². The second-order valence-electron chi connectivity index (χ2n) is 8.44. The lowest BCUT2D eigenvalue weighted by Gasteiger charge is -2.47. The van der Waals surface area contributed by atoms with Gasteiger partial charge in [-0.2, -0.15) is 11.8 Å². The number of β-lactam (4-membered cyclic amide) rings is 1. The number of aliphatic hydroxyl groups excluding tert-OH is 1. The number of carbonyl (C=O) groups is 3. The van der Waals surface area contributed by atoms with Gasteiger partial charge in [0.1, 0.15) is 12.1 Å². The van der Waals surface area contributed by atoms with Crippen molar-refractivity contribution in [2.24, 2.45) is 17.6 Å². The number of quaternary nitrogens is 1. The van der Waals surface area contributed by atoms with Gasteiger partial charge in [-0.15, -0.1) is 0 Å². The summed E-state index contributed by atoms with van der Waals surface area (Å²) in [4.78, 5) is 39.4. The molecule has 0 aromatic heterocycles. The molecule has 11 heteroatoms. The van der Waals surface area contributed by atoms with Crippen molar-refractivity contribution in [3.05, 3.63) is 0 Å². The molecule has 0 aromatic rings. The number of aliphatic carboxylic acids is 2. The summed E-state index contributed by atoms with van der Waals surface area (Å²) in [5.74, 6) is -2.35. The molecule has 1 amide bonds. The quantitative estimate of drug-likeness (QED) is 0.112. The molecular weight excluding hydrogens is 412 g/mol. The Labute approximate surface area is 179 Å². The fraction of sp³-hybridized carbons (Fsp3) is 0.789. The van der Waals surface area contributed by atoms with Gasteiger partial charge in [-0.1, -0.05) is 0 Å². The number of nitrogens with one attached hydrogen (secondary N) is 1. The third-order valence-electron chi connectivity index (χ3n) is 6.62. The highest BCUT2D eigenvalue weighted by Crippen LogP contribution is 2.45. The Morgan fingerprint density at radius 1 is 1.37 bits per heavy atom. The third kappa shape index (κ3) is 4.15. The van der Waals surface area contributed by atoms with Crippen LogP contribution in [-0.4, -0.2) is 82.0 Å². The normalized spacial score (nSPS) is 36.6. The largest absolute Gasteiger partial charge is 0.550 e. The molecule has 2 heterocycles. The minimum absolute atomic E-state index is 0.00491. The van der Waals surface area contributed by atoms with Crippen molar-refractivity contribution >= 4 is 35.4 Å². The minimum Gasteiger partial charge on any atom is -0.550 e. The zero-order valence-electron chi connectivity index (χ0n) is 17.2. The van der Waals surface area contributed by atoms with E-state index >= 15 is 0 Å². The number of nitrogens with two attached hydrogens (primary N) is 2. The summed E-state index contributed by atoms with van der Waals surface area (Å²) in [6, 6.07) is -1.31. The number of amidine groups is 1. The number of carboxylic acid groups (broad SMARTS) is 2. The first-order valence-corrected chi connectivity index (χ1v) is 11.4. The van der Waals surface area contributed by atoms with E-state index in [1.165, 1.54) is 16.7 Å². The first-order chi connectivity index (χ1) is 14.2. The Balaban J connectivity index is 1.46. The maximum absolute atomic E-state index is 12.2. The average molecular weight is 443 g/mol. The number of rotatable bonds is 10. The van der Waals surface area contributed by atoms with Gasteiger partial charge >= 0.3 is 0 Å². The van der Waals surface area contributed by atoms with Crippen LogP contribution in [-0.2, 0) is 14.4 Å². The van der Waals surface area contributed by atoms with Crippen LogP contribution in [0, 0.1) is 11.8 Å². The molecule has 168 valence electrons. The second-order valence-corrected chi connectivity index (χ2v) is 9.79. The molecule has 0 aromatic carbocycles. The Bertz CT molecular complexity index is 732. The van der Waals surface area contributed by atoms with Gasteiger partial charge in [-0.05, 0) is 25.5 Å². The van der Waals surface area contributed by atoms with Crippen molar-refractivity contribution in [3.8, 4) is 0 Å². The molecule has 1 aliphatic carbocycles. The highest BCUT2D eigenvalue weighted by atomic mass is 32.2. The molecule has 3 fully saturated rings. The van der Waals surface area contributed by atoms with Crippen molar-refractivity contribution in [1.29, 1.82) is 0 Å². The SMILES string of the molecule is C[NH2+]C1C([NH+]=C(N)CCCSC2CC3[C@@H]([C@@H](C)O)C(=O)N3[C@H]2C(=O)[O-])CC1C(=O)[O-]. The number of nitrogens with zero attached hydrogens (tertiary/aromatic N) is 1. The summed E-state index contributed by atoms with van der Waals surface area (Å²) in [6.45, 7) is 1.55. The number of hydrogen-bond acceptors (Lipinski definition) is 7. The maximum Gasteiger partial charge on any atom is 0.240 e. The van der Waals surface area contributed by atoms with Gasteiger partial charge in [0.2, 0.25) is 11.7 Å². The number of carbonyl (C=O) groups excluding carboxylic acids is 3. The number of aliphatic hydroxyl groups is 1. The fourth-order valence-electron chi connectivity index (χ4n) is 5.05. The van der Waals surface area contributed by atoms with Crippen LogP contribution < -0.4 is 26.3 Å². The molecule has 3 aliphatic rings. The second kappa shape index (κ2) is 9.11.